The Morgan fingerprint density at radius 3 is 1.49 bits per heavy atom. The van der Waals surface area contributed by atoms with Crippen molar-refractivity contribution in [2.75, 3.05) is 48.9 Å². The average Bonchev–Trinajstić information content (AvgIpc) is 3.11. The van der Waals surface area contributed by atoms with Crippen molar-refractivity contribution in [2.45, 2.75) is 4.90 Å². The molecular formula is C36H35N3O7S. The van der Waals surface area contributed by atoms with Crippen LogP contribution in [0.2, 0.25) is 0 Å². The number of fused-ring (bicyclic) bond motifs is 1. The molecular weight excluding hydrogens is 618 g/mol. The van der Waals surface area contributed by atoms with Crippen LogP contribution in [0.15, 0.2) is 59.5 Å². The number of pyridine rings is 1. The summed E-state index contributed by atoms with van der Waals surface area (Å²) in [6.07, 6.45) is 9.51. The van der Waals surface area contributed by atoms with Gasteiger partial charge in [0.25, 0.3) is 0 Å². The summed E-state index contributed by atoms with van der Waals surface area (Å²) in [4.78, 5) is 15.4. The summed E-state index contributed by atoms with van der Waals surface area (Å²) in [7, 11) is 9.42. The van der Waals surface area contributed by atoms with Gasteiger partial charge in [0.15, 0.2) is 28.8 Å². The Morgan fingerprint density at radius 1 is 0.574 bits per heavy atom. The lowest BCUT2D eigenvalue weighted by molar-refractivity contribution is 0.324. The van der Waals surface area contributed by atoms with E-state index >= 15 is 0 Å². The molecule has 0 aliphatic heterocycles. The van der Waals surface area contributed by atoms with Gasteiger partial charge in [0.2, 0.25) is 11.5 Å². The highest BCUT2D eigenvalue weighted by Crippen LogP contribution is 2.40. The molecule has 0 bridgehead atoms. The predicted molar refractivity (Wildman–Crippen MR) is 186 cm³/mol. The number of hydrogen-bond acceptors (Lipinski definition) is 11. The van der Waals surface area contributed by atoms with E-state index in [2.05, 4.69) is 0 Å². The maximum atomic E-state index is 10.6. The molecule has 0 unspecified atom stereocenters. The molecule has 0 aliphatic carbocycles. The Morgan fingerprint density at radius 2 is 1.06 bits per heavy atom. The monoisotopic (exact) mass is 653 g/mol. The van der Waals surface area contributed by atoms with Gasteiger partial charge in [0, 0.05) is 10.3 Å². The van der Waals surface area contributed by atoms with Gasteiger partial charge in [-0.05, 0) is 84.1 Å². The van der Waals surface area contributed by atoms with E-state index in [0.717, 1.165) is 21.4 Å². The zero-order chi connectivity index (χ0) is 33.5. The van der Waals surface area contributed by atoms with E-state index in [0.29, 0.717) is 62.9 Å². The standard InChI is InChI=1S/C36H35N3O7S/c1-41-28-16-21(17-29(42-2)34(28)45-5)8-10-23-20-24(11-9-22-18-30(43-3)35(46-6)31(19-22)44-4)38-36(37-23)26-13-12-25-32(47-7)15-14-27(40)33(25)39-26/h8-20,40H,1-7H3. The molecule has 0 saturated heterocycles. The maximum Gasteiger partial charge on any atom is 0.203 e. The summed E-state index contributed by atoms with van der Waals surface area (Å²) in [5.41, 5.74) is 3.86. The van der Waals surface area contributed by atoms with E-state index in [1.807, 2.05) is 79.1 Å². The van der Waals surface area contributed by atoms with Crippen molar-refractivity contribution in [3.63, 3.8) is 0 Å². The van der Waals surface area contributed by atoms with E-state index < -0.39 is 0 Å². The second-order valence-electron chi connectivity index (χ2n) is 10.0. The van der Waals surface area contributed by atoms with Gasteiger partial charge in [-0.25, -0.2) is 15.0 Å². The Hall–Kier alpha value is -5.42. The van der Waals surface area contributed by atoms with Gasteiger partial charge in [-0.2, -0.15) is 0 Å². The van der Waals surface area contributed by atoms with Gasteiger partial charge in [-0.3, -0.25) is 0 Å². The fourth-order valence-electron chi connectivity index (χ4n) is 5.01. The third-order valence-corrected chi connectivity index (χ3v) is 8.07. The normalized spacial score (nSPS) is 11.3. The lowest BCUT2D eigenvalue weighted by Crippen LogP contribution is -1.98. The third kappa shape index (κ3) is 7.05. The fraction of sp³-hybridized carbons (Fsp3) is 0.194. The van der Waals surface area contributed by atoms with Crippen molar-refractivity contribution >= 4 is 47.0 Å². The minimum Gasteiger partial charge on any atom is -0.506 e. The number of methoxy groups -OCH3 is 6. The molecule has 242 valence electrons. The van der Waals surface area contributed by atoms with Crippen molar-refractivity contribution in [3.8, 4) is 51.8 Å². The zero-order valence-electron chi connectivity index (χ0n) is 27.2. The maximum absolute atomic E-state index is 10.6. The first-order chi connectivity index (χ1) is 22.8. The van der Waals surface area contributed by atoms with E-state index in [-0.39, 0.29) is 5.75 Å². The van der Waals surface area contributed by atoms with Gasteiger partial charge in [0.05, 0.1) is 54.0 Å². The molecule has 0 atom stereocenters. The van der Waals surface area contributed by atoms with Crippen molar-refractivity contribution in [1.29, 1.82) is 0 Å². The van der Waals surface area contributed by atoms with Gasteiger partial charge in [-0.15, -0.1) is 11.8 Å². The van der Waals surface area contributed by atoms with Crippen LogP contribution in [-0.4, -0.2) is 69.0 Å². The van der Waals surface area contributed by atoms with Crippen molar-refractivity contribution in [1.82, 2.24) is 15.0 Å². The number of thioether (sulfide) groups is 1. The van der Waals surface area contributed by atoms with Crippen LogP contribution in [0.25, 0.3) is 46.7 Å². The van der Waals surface area contributed by atoms with Crippen LogP contribution in [0, 0.1) is 0 Å². The quantitative estimate of drug-likeness (QED) is 0.135. The lowest BCUT2D eigenvalue weighted by Gasteiger charge is -2.13. The molecule has 0 amide bonds. The first-order valence-corrected chi connectivity index (χ1v) is 15.6. The molecule has 5 aromatic rings. The highest BCUT2D eigenvalue weighted by atomic mass is 32.2. The number of hydrogen-bond donors (Lipinski definition) is 1. The van der Waals surface area contributed by atoms with Crippen LogP contribution in [0.3, 0.4) is 0 Å². The van der Waals surface area contributed by atoms with Gasteiger partial charge < -0.3 is 33.5 Å². The number of phenolic OH excluding ortho intramolecular Hbond substituents is 1. The number of ether oxygens (including phenoxy) is 6. The molecule has 0 spiro atoms. The van der Waals surface area contributed by atoms with Gasteiger partial charge in [0.1, 0.15) is 17.0 Å². The predicted octanol–water partition coefficient (Wildman–Crippen LogP) is 7.51. The summed E-state index contributed by atoms with van der Waals surface area (Å²) in [5, 5.41) is 11.5. The van der Waals surface area contributed by atoms with Crippen LogP contribution in [0.4, 0.5) is 0 Å². The third-order valence-electron chi connectivity index (χ3n) is 7.28. The SMILES string of the molecule is COc1cc(C=Cc2cc(C=Cc3cc(OC)c(OC)c(OC)c3)nc(-c3ccc4c(SC)ccc(O)c4n3)n2)cc(OC)c1OC. The van der Waals surface area contributed by atoms with Crippen molar-refractivity contribution in [3.05, 3.63) is 77.1 Å². The van der Waals surface area contributed by atoms with Crippen LogP contribution in [0.5, 0.6) is 40.2 Å². The Labute approximate surface area is 277 Å². The highest BCUT2D eigenvalue weighted by molar-refractivity contribution is 7.98. The number of benzene rings is 3. The van der Waals surface area contributed by atoms with Crippen molar-refractivity contribution < 1.29 is 33.5 Å². The van der Waals surface area contributed by atoms with Gasteiger partial charge in [-0.1, -0.05) is 12.2 Å². The smallest absolute Gasteiger partial charge is 0.203 e. The first-order valence-electron chi connectivity index (χ1n) is 14.4. The molecule has 0 radical (unpaired) electrons. The van der Waals surface area contributed by atoms with Crippen LogP contribution >= 0.6 is 11.8 Å². The molecule has 0 fully saturated rings. The highest BCUT2D eigenvalue weighted by Gasteiger charge is 2.15. The number of phenols is 1. The van der Waals surface area contributed by atoms with Crippen LogP contribution < -0.4 is 28.4 Å². The number of aromatic nitrogens is 3. The van der Waals surface area contributed by atoms with Gasteiger partial charge >= 0.3 is 0 Å². The topological polar surface area (TPSA) is 114 Å². The molecule has 10 nitrogen and oxygen atoms in total. The second kappa shape index (κ2) is 14.8. The molecule has 3 aromatic carbocycles. The Balaban J connectivity index is 1.62. The first kappa shape index (κ1) is 33.0. The number of aromatic hydroxyl groups is 1. The largest absolute Gasteiger partial charge is 0.506 e. The molecule has 0 saturated carbocycles. The minimum absolute atomic E-state index is 0.0839. The van der Waals surface area contributed by atoms with E-state index in [1.54, 1.807) is 60.5 Å². The number of nitrogens with zero attached hydrogens (tertiary/aromatic N) is 3. The molecule has 47 heavy (non-hydrogen) atoms. The summed E-state index contributed by atoms with van der Waals surface area (Å²) in [5.74, 6) is 3.62. The fourth-order valence-corrected chi connectivity index (χ4v) is 5.60. The summed E-state index contributed by atoms with van der Waals surface area (Å²) < 4.78 is 33.0. The van der Waals surface area contributed by atoms with E-state index in [9.17, 15) is 5.11 Å². The molecule has 11 heteroatoms. The van der Waals surface area contributed by atoms with Crippen molar-refractivity contribution in [2.24, 2.45) is 0 Å². The average molecular weight is 654 g/mol. The van der Waals surface area contributed by atoms with Crippen LogP contribution in [0.1, 0.15) is 22.5 Å². The van der Waals surface area contributed by atoms with E-state index in [1.165, 1.54) is 0 Å². The number of rotatable bonds is 12. The summed E-state index contributed by atoms with van der Waals surface area (Å²) in [6, 6.07) is 16.6. The molecule has 2 heterocycles. The summed E-state index contributed by atoms with van der Waals surface area (Å²) in [6.45, 7) is 0. The minimum atomic E-state index is 0.0839. The Bertz CT molecular complexity index is 1840. The molecule has 1 N–H and O–H groups in total. The molecule has 5 rings (SSSR count). The van der Waals surface area contributed by atoms with Crippen LogP contribution in [-0.2, 0) is 0 Å². The second-order valence-corrected chi connectivity index (χ2v) is 10.9. The van der Waals surface area contributed by atoms with E-state index in [4.69, 9.17) is 43.4 Å². The Kier molecular flexibility index (Phi) is 10.4. The molecule has 2 aromatic heterocycles. The molecule has 0 aliphatic rings. The lowest BCUT2D eigenvalue weighted by atomic mass is 10.1. The summed E-state index contributed by atoms with van der Waals surface area (Å²) >= 11 is 1.59. The zero-order valence-corrected chi connectivity index (χ0v) is 28.0.